The molecule has 0 amide bonds. The van der Waals surface area contributed by atoms with Gasteiger partial charge in [0.1, 0.15) is 19.3 Å². The lowest BCUT2D eigenvalue weighted by molar-refractivity contribution is -0.870. The Hall–Kier alpha value is -0.500. The van der Waals surface area contributed by atoms with Crippen molar-refractivity contribution in [1.82, 2.24) is 0 Å². The molecule has 0 aromatic rings. The number of hydrogen-bond donors (Lipinski definition) is 1. The van der Waals surface area contributed by atoms with E-state index in [-0.39, 0.29) is 25.8 Å². The fourth-order valence-electron chi connectivity index (χ4n) is 6.26. The van der Waals surface area contributed by atoms with E-state index in [1.54, 1.807) is 0 Å². The number of hydrogen-bond acceptors (Lipinski definition) is 6. The lowest BCUT2D eigenvalue weighted by Gasteiger charge is -2.24. The minimum atomic E-state index is -4.26. The first-order valence-corrected chi connectivity index (χ1v) is 23.3. The minimum absolute atomic E-state index is 0.0936. The lowest BCUT2D eigenvalue weighted by atomic mass is 10.0. The molecule has 0 saturated heterocycles. The van der Waals surface area contributed by atoms with Crippen LogP contribution in [0.25, 0.3) is 0 Å². The van der Waals surface area contributed by atoms with E-state index in [0.29, 0.717) is 24.1 Å². The molecule has 0 aromatic heterocycles. The fraction of sp³-hybridized carbons (Fsp3) is 0.976. The van der Waals surface area contributed by atoms with Gasteiger partial charge in [0, 0.05) is 13.0 Å². The van der Waals surface area contributed by atoms with Gasteiger partial charge in [-0.2, -0.15) is 0 Å². The van der Waals surface area contributed by atoms with Gasteiger partial charge < -0.3 is 18.9 Å². The molecule has 0 saturated carbocycles. The lowest BCUT2D eigenvalue weighted by Crippen LogP contribution is -2.37. The van der Waals surface area contributed by atoms with E-state index in [2.05, 4.69) is 13.8 Å². The molecule has 306 valence electrons. The van der Waals surface area contributed by atoms with E-state index in [4.69, 9.17) is 18.5 Å². The van der Waals surface area contributed by atoms with Crippen LogP contribution in [0.15, 0.2) is 0 Å². The Bertz CT molecular complexity index is 792. The number of phosphoric acid groups is 1. The topological polar surface area (TPSA) is 91.3 Å². The summed E-state index contributed by atoms with van der Waals surface area (Å²) >= 11 is 0. The Kier molecular flexibility index (Phi) is 36.1. The second-order valence-electron chi connectivity index (χ2n) is 16.1. The third-order valence-corrected chi connectivity index (χ3v) is 10.7. The molecule has 0 rings (SSSR count). The van der Waals surface area contributed by atoms with Gasteiger partial charge in [0.05, 0.1) is 34.4 Å². The van der Waals surface area contributed by atoms with Crippen LogP contribution in [0.3, 0.4) is 0 Å². The number of rotatable bonds is 41. The highest BCUT2D eigenvalue weighted by Gasteiger charge is 2.26. The Labute approximate surface area is 317 Å². The van der Waals surface area contributed by atoms with Crippen LogP contribution in [0.1, 0.15) is 206 Å². The second kappa shape index (κ2) is 36.5. The number of unbranched alkanes of at least 4 members (excludes halogenated alkanes) is 27. The molecule has 0 aliphatic rings. The van der Waals surface area contributed by atoms with Crippen LogP contribution in [0, 0.1) is 0 Å². The summed E-state index contributed by atoms with van der Waals surface area (Å²) in [5, 5.41) is 0. The van der Waals surface area contributed by atoms with Gasteiger partial charge in [-0.25, -0.2) is 4.57 Å². The van der Waals surface area contributed by atoms with Crippen LogP contribution >= 0.6 is 7.82 Å². The van der Waals surface area contributed by atoms with Crippen molar-refractivity contribution in [2.45, 2.75) is 213 Å². The summed E-state index contributed by atoms with van der Waals surface area (Å²) in [6.45, 7) is 5.66. The molecule has 0 aromatic carbocycles. The van der Waals surface area contributed by atoms with Crippen LogP contribution in [0.5, 0.6) is 0 Å². The fourth-order valence-corrected chi connectivity index (χ4v) is 7.00. The quantitative estimate of drug-likeness (QED) is 0.0288. The van der Waals surface area contributed by atoms with E-state index in [1.165, 1.54) is 154 Å². The highest BCUT2D eigenvalue weighted by molar-refractivity contribution is 7.47. The molecule has 0 aliphatic carbocycles. The smallest absolute Gasteiger partial charge is 0.457 e. The molecule has 0 heterocycles. The van der Waals surface area contributed by atoms with Gasteiger partial charge in [-0.05, 0) is 12.8 Å². The van der Waals surface area contributed by atoms with Gasteiger partial charge in [-0.1, -0.05) is 187 Å². The highest BCUT2D eigenvalue weighted by Crippen LogP contribution is 2.43. The van der Waals surface area contributed by atoms with Crippen LogP contribution in [0.2, 0.25) is 0 Å². The first-order valence-electron chi connectivity index (χ1n) is 21.8. The van der Waals surface area contributed by atoms with Gasteiger partial charge in [0.15, 0.2) is 0 Å². The Morgan fingerprint density at radius 3 is 1.29 bits per heavy atom. The molecular weight excluding hydrogens is 661 g/mol. The van der Waals surface area contributed by atoms with E-state index in [0.717, 1.165) is 32.1 Å². The van der Waals surface area contributed by atoms with Crippen molar-refractivity contribution in [1.29, 1.82) is 0 Å². The molecule has 1 N–H and O–H groups in total. The van der Waals surface area contributed by atoms with Crippen LogP contribution in [0.4, 0.5) is 0 Å². The molecule has 0 fully saturated rings. The zero-order valence-electron chi connectivity index (χ0n) is 34.6. The van der Waals surface area contributed by atoms with Crippen LogP contribution in [-0.2, 0) is 27.9 Å². The number of nitrogens with zero attached hydrogens (tertiary/aromatic N) is 1. The summed E-state index contributed by atoms with van der Waals surface area (Å²) in [7, 11) is 1.68. The van der Waals surface area contributed by atoms with Gasteiger partial charge >= 0.3 is 13.8 Å². The zero-order chi connectivity index (χ0) is 37.7. The molecule has 0 spiro atoms. The molecule has 51 heavy (non-hydrogen) atoms. The first-order chi connectivity index (χ1) is 24.6. The third kappa shape index (κ3) is 40.5. The summed E-state index contributed by atoms with van der Waals surface area (Å²) in [4.78, 5) is 22.8. The number of phosphoric ester groups is 1. The van der Waals surface area contributed by atoms with Crippen molar-refractivity contribution >= 4 is 13.8 Å². The van der Waals surface area contributed by atoms with E-state index in [1.807, 2.05) is 21.1 Å². The maximum absolute atomic E-state index is 12.6. The van der Waals surface area contributed by atoms with Crippen molar-refractivity contribution < 1.29 is 37.3 Å². The minimum Gasteiger partial charge on any atom is -0.457 e. The normalized spacial score (nSPS) is 13.8. The Morgan fingerprint density at radius 2 is 0.902 bits per heavy atom. The number of carbonyl (C=O) groups excluding carboxylic acids is 1. The average molecular weight is 749 g/mol. The monoisotopic (exact) mass is 749 g/mol. The molecule has 0 bridgehead atoms. The molecule has 2 atom stereocenters. The Morgan fingerprint density at radius 1 is 0.529 bits per heavy atom. The van der Waals surface area contributed by atoms with Crippen LogP contribution < -0.4 is 0 Å². The molecule has 8 nitrogen and oxygen atoms in total. The predicted octanol–water partition coefficient (Wildman–Crippen LogP) is 12.5. The number of quaternary nitrogens is 1. The summed E-state index contributed by atoms with van der Waals surface area (Å²) in [6.07, 6.45) is 37.1. The van der Waals surface area contributed by atoms with Gasteiger partial charge in [-0.3, -0.25) is 13.8 Å². The van der Waals surface area contributed by atoms with Crippen molar-refractivity contribution in [3.8, 4) is 0 Å². The standard InChI is InChI=1S/C42H86NO7P/c1-6-8-10-12-14-16-18-19-20-21-22-23-24-25-26-28-30-32-34-37-47-39-41(40-49-51(45,46)48-38-36-43(3,4)5)50-42(44)35-33-31-29-27-17-15-13-11-9-7-2/h41H,6-40H2,1-5H3/p+1. The highest BCUT2D eigenvalue weighted by atomic mass is 31.2. The van der Waals surface area contributed by atoms with Gasteiger partial charge in [0.25, 0.3) is 0 Å². The largest absolute Gasteiger partial charge is 0.472 e. The molecule has 0 aliphatic heterocycles. The number of ether oxygens (including phenoxy) is 2. The van der Waals surface area contributed by atoms with E-state index >= 15 is 0 Å². The van der Waals surface area contributed by atoms with Crippen molar-refractivity contribution in [2.24, 2.45) is 0 Å². The second-order valence-corrected chi connectivity index (χ2v) is 17.5. The number of carbonyl (C=O) groups is 1. The summed E-state index contributed by atoms with van der Waals surface area (Å²) < 4.78 is 34.9. The molecule has 9 heteroatoms. The van der Waals surface area contributed by atoms with Crippen molar-refractivity contribution in [3.63, 3.8) is 0 Å². The van der Waals surface area contributed by atoms with E-state index in [9.17, 15) is 14.3 Å². The number of esters is 1. The predicted molar refractivity (Wildman–Crippen MR) is 215 cm³/mol. The Balaban J connectivity index is 4.11. The third-order valence-electron chi connectivity index (χ3n) is 9.67. The van der Waals surface area contributed by atoms with Crippen LogP contribution in [-0.4, -0.2) is 75.6 Å². The summed E-state index contributed by atoms with van der Waals surface area (Å²) in [5.41, 5.74) is 0. The number of likely N-dealkylation sites (N-methyl/N-ethyl adjacent to an activating group) is 1. The SMILES string of the molecule is CCCCCCCCCCCCCCCCCCCCCOCC(COP(=O)(O)OCC[N+](C)(C)C)OC(=O)CCCCCCCCCCCC. The first kappa shape index (κ1) is 50.5. The molecular formula is C42H87NO7P+. The summed E-state index contributed by atoms with van der Waals surface area (Å²) in [5.74, 6) is -0.311. The van der Waals surface area contributed by atoms with Crippen molar-refractivity contribution in [3.05, 3.63) is 0 Å². The average Bonchev–Trinajstić information content (AvgIpc) is 3.08. The molecule has 2 unspecified atom stereocenters. The maximum atomic E-state index is 12.6. The summed E-state index contributed by atoms with van der Waals surface area (Å²) in [6, 6.07) is 0. The van der Waals surface area contributed by atoms with Gasteiger partial charge in [0.2, 0.25) is 0 Å². The zero-order valence-corrected chi connectivity index (χ0v) is 35.5. The van der Waals surface area contributed by atoms with Crippen molar-refractivity contribution in [2.75, 3.05) is 54.1 Å². The maximum Gasteiger partial charge on any atom is 0.472 e. The molecule has 0 radical (unpaired) electrons. The van der Waals surface area contributed by atoms with E-state index < -0.39 is 13.9 Å². The van der Waals surface area contributed by atoms with Gasteiger partial charge in [-0.15, -0.1) is 0 Å².